The molecule has 0 saturated carbocycles. The standard InChI is InChI=1S/C12H18ClNO3/c1-8-3-10(13)4-9(12(8)17-2)5-14-6-11(16)7-15/h3-4,11,14-16H,5-7H2,1-2H3. The highest BCUT2D eigenvalue weighted by Crippen LogP contribution is 2.27. The Morgan fingerprint density at radius 2 is 2.18 bits per heavy atom. The Labute approximate surface area is 106 Å². The quantitative estimate of drug-likeness (QED) is 0.716. The molecule has 0 spiro atoms. The lowest BCUT2D eigenvalue weighted by atomic mass is 10.1. The highest BCUT2D eigenvalue weighted by Gasteiger charge is 2.08. The van der Waals surface area contributed by atoms with Crippen LogP contribution in [-0.4, -0.2) is 36.6 Å². The van der Waals surface area contributed by atoms with E-state index in [1.165, 1.54) is 0 Å². The van der Waals surface area contributed by atoms with Crippen molar-refractivity contribution in [3.63, 3.8) is 0 Å². The lowest BCUT2D eigenvalue weighted by molar-refractivity contribution is 0.0942. The minimum atomic E-state index is -0.749. The van der Waals surface area contributed by atoms with Gasteiger partial charge in [0.05, 0.1) is 19.8 Å². The van der Waals surface area contributed by atoms with E-state index in [0.717, 1.165) is 16.9 Å². The van der Waals surface area contributed by atoms with Crippen LogP contribution in [0.1, 0.15) is 11.1 Å². The Bertz CT molecular complexity index is 371. The summed E-state index contributed by atoms with van der Waals surface area (Å²) in [5, 5.41) is 21.6. The average Bonchev–Trinajstić information content (AvgIpc) is 2.28. The zero-order valence-corrected chi connectivity index (χ0v) is 10.8. The van der Waals surface area contributed by atoms with Gasteiger partial charge in [0.1, 0.15) is 5.75 Å². The van der Waals surface area contributed by atoms with E-state index < -0.39 is 6.10 Å². The van der Waals surface area contributed by atoms with Crippen molar-refractivity contribution in [1.82, 2.24) is 5.32 Å². The second-order valence-electron chi connectivity index (χ2n) is 3.88. The summed E-state index contributed by atoms with van der Waals surface area (Å²) in [6.45, 7) is 2.53. The molecule has 0 saturated heterocycles. The number of rotatable bonds is 6. The number of halogens is 1. The van der Waals surface area contributed by atoms with Crippen LogP contribution in [0.2, 0.25) is 5.02 Å². The van der Waals surface area contributed by atoms with Gasteiger partial charge in [0.25, 0.3) is 0 Å². The van der Waals surface area contributed by atoms with E-state index in [9.17, 15) is 5.11 Å². The number of benzene rings is 1. The van der Waals surface area contributed by atoms with Gasteiger partial charge in [-0.05, 0) is 24.6 Å². The maximum atomic E-state index is 9.20. The third-order valence-electron chi connectivity index (χ3n) is 2.43. The number of aliphatic hydroxyl groups is 2. The molecule has 0 aliphatic carbocycles. The smallest absolute Gasteiger partial charge is 0.126 e. The number of methoxy groups -OCH3 is 1. The lowest BCUT2D eigenvalue weighted by Gasteiger charge is -2.14. The van der Waals surface area contributed by atoms with Crippen LogP contribution in [0, 0.1) is 6.92 Å². The molecule has 0 heterocycles. The molecule has 0 aliphatic heterocycles. The van der Waals surface area contributed by atoms with E-state index in [1.54, 1.807) is 7.11 Å². The Kier molecular flexibility index (Phi) is 5.71. The zero-order chi connectivity index (χ0) is 12.8. The van der Waals surface area contributed by atoms with Gasteiger partial charge in [0.15, 0.2) is 0 Å². The lowest BCUT2D eigenvalue weighted by Crippen LogP contribution is -2.29. The monoisotopic (exact) mass is 259 g/mol. The van der Waals surface area contributed by atoms with E-state index in [4.69, 9.17) is 21.4 Å². The van der Waals surface area contributed by atoms with Gasteiger partial charge in [0.2, 0.25) is 0 Å². The summed E-state index contributed by atoms with van der Waals surface area (Å²) in [4.78, 5) is 0. The summed E-state index contributed by atoms with van der Waals surface area (Å²) in [6, 6.07) is 3.66. The Hall–Kier alpha value is -0.810. The molecule has 5 heteroatoms. The third-order valence-corrected chi connectivity index (χ3v) is 2.64. The van der Waals surface area contributed by atoms with E-state index in [1.807, 2.05) is 19.1 Å². The fourth-order valence-electron chi connectivity index (χ4n) is 1.66. The highest BCUT2D eigenvalue weighted by molar-refractivity contribution is 6.30. The molecule has 0 aromatic heterocycles. The molecule has 1 rings (SSSR count). The van der Waals surface area contributed by atoms with Crippen LogP contribution >= 0.6 is 11.6 Å². The van der Waals surface area contributed by atoms with Crippen molar-refractivity contribution in [3.05, 3.63) is 28.3 Å². The molecule has 0 bridgehead atoms. The van der Waals surface area contributed by atoms with Crippen LogP contribution in [0.4, 0.5) is 0 Å². The SMILES string of the molecule is COc1c(C)cc(Cl)cc1CNCC(O)CO. The van der Waals surface area contributed by atoms with Crippen LogP contribution in [0.25, 0.3) is 0 Å². The number of aliphatic hydroxyl groups excluding tert-OH is 2. The van der Waals surface area contributed by atoms with Crippen LogP contribution in [0.5, 0.6) is 5.75 Å². The molecule has 1 unspecified atom stereocenters. The molecule has 0 fully saturated rings. The normalized spacial score (nSPS) is 12.5. The van der Waals surface area contributed by atoms with E-state index in [-0.39, 0.29) is 6.61 Å². The highest BCUT2D eigenvalue weighted by atomic mass is 35.5. The van der Waals surface area contributed by atoms with Gasteiger partial charge < -0.3 is 20.3 Å². The van der Waals surface area contributed by atoms with Gasteiger partial charge in [-0.25, -0.2) is 0 Å². The number of hydrogen-bond donors (Lipinski definition) is 3. The Balaban J connectivity index is 2.69. The van der Waals surface area contributed by atoms with Crippen molar-refractivity contribution < 1.29 is 14.9 Å². The van der Waals surface area contributed by atoms with Crippen molar-refractivity contribution >= 4 is 11.6 Å². The third kappa shape index (κ3) is 4.16. The first kappa shape index (κ1) is 14.3. The predicted molar refractivity (Wildman–Crippen MR) is 67.5 cm³/mol. The minimum absolute atomic E-state index is 0.251. The van der Waals surface area contributed by atoms with Gasteiger partial charge >= 0.3 is 0 Å². The summed E-state index contributed by atoms with van der Waals surface area (Å²) in [7, 11) is 1.61. The van der Waals surface area contributed by atoms with Gasteiger partial charge in [-0.3, -0.25) is 0 Å². The molecule has 1 atom stereocenters. The van der Waals surface area contributed by atoms with Gasteiger partial charge in [-0.2, -0.15) is 0 Å². The Morgan fingerprint density at radius 3 is 2.76 bits per heavy atom. The first-order chi connectivity index (χ1) is 8.08. The molecule has 0 aliphatic rings. The van der Waals surface area contributed by atoms with Crippen molar-refractivity contribution in [2.24, 2.45) is 0 Å². The molecule has 1 aromatic carbocycles. The number of ether oxygens (including phenoxy) is 1. The number of nitrogens with one attached hydrogen (secondary N) is 1. The number of hydrogen-bond acceptors (Lipinski definition) is 4. The predicted octanol–water partition coefficient (Wildman–Crippen LogP) is 1.10. The molecular weight excluding hydrogens is 242 g/mol. The van der Waals surface area contributed by atoms with Crippen molar-refractivity contribution in [2.75, 3.05) is 20.3 Å². The van der Waals surface area contributed by atoms with Gasteiger partial charge in [-0.15, -0.1) is 0 Å². The maximum Gasteiger partial charge on any atom is 0.126 e. The average molecular weight is 260 g/mol. The summed E-state index contributed by atoms with van der Waals surface area (Å²) in [5.74, 6) is 0.792. The first-order valence-corrected chi connectivity index (χ1v) is 5.79. The zero-order valence-electron chi connectivity index (χ0n) is 10.0. The van der Waals surface area contributed by atoms with E-state index >= 15 is 0 Å². The second-order valence-corrected chi connectivity index (χ2v) is 4.32. The van der Waals surface area contributed by atoms with E-state index in [2.05, 4.69) is 5.32 Å². The molecular formula is C12H18ClNO3. The second kappa shape index (κ2) is 6.81. The molecule has 17 heavy (non-hydrogen) atoms. The van der Waals surface area contributed by atoms with Crippen LogP contribution in [0.15, 0.2) is 12.1 Å². The van der Waals surface area contributed by atoms with Crippen LogP contribution in [0.3, 0.4) is 0 Å². The van der Waals surface area contributed by atoms with Gasteiger partial charge in [0, 0.05) is 23.7 Å². The molecule has 3 N–H and O–H groups in total. The maximum absolute atomic E-state index is 9.20. The van der Waals surface area contributed by atoms with Gasteiger partial charge in [-0.1, -0.05) is 11.6 Å². The largest absolute Gasteiger partial charge is 0.496 e. The van der Waals surface area contributed by atoms with E-state index in [0.29, 0.717) is 18.1 Å². The summed E-state index contributed by atoms with van der Waals surface area (Å²) < 4.78 is 5.30. The molecule has 1 aromatic rings. The van der Waals surface area contributed by atoms with Crippen molar-refractivity contribution in [3.8, 4) is 5.75 Å². The van der Waals surface area contributed by atoms with Crippen LogP contribution < -0.4 is 10.1 Å². The molecule has 96 valence electrons. The van der Waals surface area contributed by atoms with Crippen LogP contribution in [-0.2, 0) is 6.54 Å². The van der Waals surface area contributed by atoms with Crippen molar-refractivity contribution in [1.29, 1.82) is 0 Å². The molecule has 0 radical (unpaired) electrons. The summed E-state index contributed by atoms with van der Waals surface area (Å²) in [5.41, 5.74) is 1.90. The molecule has 4 nitrogen and oxygen atoms in total. The first-order valence-electron chi connectivity index (χ1n) is 5.41. The molecule has 0 amide bonds. The number of aryl methyl sites for hydroxylation is 1. The Morgan fingerprint density at radius 1 is 1.47 bits per heavy atom. The minimum Gasteiger partial charge on any atom is -0.496 e. The fraction of sp³-hybridized carbons (Fsp3) is 0.500. The fourth-order valence-corrected chi connectivity index (χ4v) is 1.96. The van der Waals surface area contributed by atoms with Crippen molar-refractivity contribution in [2.45, 2.75) is 19.6 Å². The summed E-state index contributed by atoms with van der Waals surface area (Å²) in [6.07, 6.45) is -0.749. The summed E-state index contributed by atoms with van der Waals surface area (Å²) >= 11 is 5.98. The topological polar surface area (TPSA) is 61.7 Å².